The van der Waals surface area contributed by atoms with E-state index >= 15 is 0 Å². The lowest BCUT2D eigenvalue weighted by atomic mass is 9.74. The number of hydrogen-bond donors (Lipinski definition) is 0. The molecular weight excluding hydrogens is 446 g/mol. The van der Waals surface area contributed by atoms with Crippen LogP contribution in [0.2, 0.25) is 0 Å². The molecule has 6 rings (SSSR count). The molecule has 1 aliphatic carbocycles. The zero-order valence-corrected chi connectivity index (χ0v) is 18.6. The summed E-state index contributed by atoms with van der Waals surface area (Å²) in [5, 5.41) is 0.317. The smallest absolute Gasteiger partial charge is 0.296 e. The topological polar surface area (TPSA) is 59.5 Å². The van der Waals surface area contributed by atoms with Gasteiger partial charge in [-0.05, 0) is 61.1 Å². The minimum absolute atomic E-state index is 0.0375. The van der Waals surface area contributed by atoms with E-state index in [1.54, 1.807) is 18.2 Å². The van der Waals surface area contributed by atoms with E-state index in [9.17, 15) is 18.4 Å². The van der Waals surface area contributed by atoms with E-state index in [0.29, 0.717) is 39.7 Å². The van der Waals surface area contributed by atoms with Crippen LogP contribution in [-0.2, 0) is 14.3 Å². The highest BCUT2D eigenvalue weighted by Crippen LogP contribution is 2.50. The molecule has 2 aromatic carbocycles. The maximum absolute atomic E-state index is 14.2. The highest BCUT2D eigenvalue weighted by Gasteiger charge is 2.53. The molecule has 3 aromatic rings. The van der Waals surface area contributed by atoms with Gasteiger partial charge in [-0.3, -0.25) is 14.5 Å². The quantitative estimate of drug-likeness (QED) is 0.513. The molecule has 4 unspecified atom stereocenters. The van der Waals surface area contributed by atoms with E-state index < -0.39 is 23.6 Å². The Kier molecular flexibility index (Phi) is 4.62. The van der Waals surface area contributed by atoms with Crippen LogP contribution in [0.5, 0.6) is 0 Å². The molecule has 0 radical (unpaired) electrons. The summed E-state index contributed by atoms with van der Waals surface area (Å²) in [6, 6.07) is 9.27. The molecule has 1 amide bonds. The van der Waals surface area contributed by atoms with E-state index in [1.807, 2.05) is 0 Å². The van der Waals surface area contributed by atoms with E-state index in [0.717, 1.165) is 17.8 Å². The number of ether oxygens (including phenoxy) is 1. The summed E-state index contributed by atoms with van der Waals surface area (Å²) < 4.78 is 34.7. The first kappa shape index (κ1) is 20.5. The number of aromatic nitrogens is 1. The summed E-state index contributed by atoms with van der Waals surface area (Å²) in [7, 11) is 0. The molecule has 3 aliphatic rings. The second kappa shape index (κ2) is 7.45. The van der Waals surface area contributed by atoms with E-state index in [1.165, 1.54) is 29.2 Å². The number of ketones is 1. The molecule has 0 bridgehead atoms. The van der Waals surface area contributed by atoms with Crippen LogP contribution in [0.3, 0.4) is 0 Å². The van der Waals surface area contributed by atoms with Crippen LogP contribution < -0.4 is 4.90 Å². The second-order valence-electron chi connectivity index (χ2n) is 9.03. The summed E-state index contributed by atoms with van der Waals surface area (Å²) >= 11 is 1.15. The van der Waals surface area contributed by atoms with Crippen molar-refractivity contribution in [3.63, 3.8) is 0 Å². The van der Waals surface area contributed by atoms with E-state index in [4.69, 9.17) is 4.74 Å². The maximum Gasteiger partial charge on any atom is 0.296 e. The van der Waals surface area contributed by atoms with Crippen LogP contribution >= 0.6 is 11.3 Å². The van der Waals surface area contributed by atoms with Gasteiger partial charge < -0.3 is 4.74 Å². The summed E-state index contributed by atoms with van der Waals surface area (Å²) in [6.45, 7) is 2.11. The Morgan fingerprint density at radius 1 is 1.09 bits per heavy atom. The Labute approximate surface area is 192 Å². The molecule has 0 spiro atoms. The van der Waals surface area contributed by atoms with Crippen molar-refractivity contribution >= 4 is 38.4 Å². The predicted octanol–water partition coefficient (Wildman–Crippen LogP) is 5.32. The molecule has 1 saturated carbocycles. The molecule has 8 heteroatoms. The largest absolute Gasteiger partial charge is 0.483 e. The first-order chi connectivity index (χ1) is 15.9. The summed E-state index contributed by atoms with van der Waals surface area (Å²) in [6.07, 6.45) is 2.03. The number of thiazole rings is 1. The fourth-order valence-electron chi connectivity index (χ4n) is 5.26. The van der Waals surface area contributed by atoms with Gasteiger partial charge in [0.25, 0.3) is 5.91 Å². The third-order valence-electron chi connectivity index (χ3n) is 6.82. The third kappa shape index (κ3) is 3.19. The van der Waals surface area contributed by atoms with Crippen molar-refractivity contribution in [1.29, 1.82) is 0 Å². The van der Waals surface area contributed by atoms with E-state index in [-0.39, 0.29) is 29.1 Å². The fraction of sp³-hybridized carbons (Fsp3) is 0.320. The monoisotopic (exact) mass is 466 g/mol. The highest BCUT2D eigenvalue weighted by molar-refractivity contribution is 7.22. The number of rotatable bonds is 2. The predicted molar refractivity (Wildman–Crippen MR) is 120 cm³/mol. The standard InChI is InChI=1S/C25H20F2N2O3S/c1-12-5-8-18-16(9-12)22(30)20-21(13-3-2-4-14(26)10-13)29(24(31)23(20)32-18)25-28-17-7-6-15(27)11-19(17)33-25/h2-4,6-7,10-12,16,18,21H,5,8-9H2,1H3. The van der Waals surface area contributed by atoms with Crippen LogP contribution in [0.25, 0.3) is 10.2 Å². The van der Waals surface area contributed by atoms with Gasteiger partial charge in [-0.2, -0.15) is 0 Å². The highest BCUT2D eigenvalue weighted by atomic mass is 32.1. The van der Waals surface area contributed by atoms with Gasteiger partial charge in [0.2, 0.25) is 0 Å². The normalized spacial score (nSPS) is 27.1. The Morgan fingerprint density at radius 3 is 2.73 bits per heavy atom. The Morgan fingerprint density at radius 2 is 1.91 bits per heavy atom. The number of benzene rings is 2. The Hall–Kier alpha value is -3.13. The zero-order chi connectivity index (χ0) is 22.9. The van der Waals surface area contributed by atoms with Crippen LogP contribution in [0.4, 0.5) is 13.9 Å². The molecule has 1 fully saturated rings. The average Bonchev–Trinajstić information content (AvgIpc) is 3.32. The van der Waals surface area contributed by atoms with Gasteiger partial charge in [-0.1, -0.05) is 30.4 Å². The van der Waals surface area contributed by atoms with Gasteiger partial charge in [-0.15, -0.1) is 0 Å². The van der Waals surface area contributed by atoms with Gasteiger partial charge in [0.05, 0.1) is 27.7 Å². The van der Waals surface area contributed by atoms with Crippen LogP contribution in [0, 0.1) is 23.5 Å². The van der Waals surface area contributed by atoms with Crippen molar-refractivity contribution < 1.29 is 23.1 Å². The van der Waals surface area contributed by atoms with Crippen molar-refractivity contribution in [3.05, 3.63) is 71.0 Å². The van der Waals surface area contributed by atoms with Gasteiger partial charge in [0, 0.05) is 0 Å². The Balaban J connectivity index is 1.51. The lowest BCUT2D eigenvalue weighted by molar-refractivity contribution is -0.132. The lowest BCUT2D eigenvalue weighted by Gasteiger charge is -2.37. The first-order valence-corrected chi connectivity index (χ1v) is 11.8. The number of anilines is 1. The van der Waals surface area contributed by atoms with Crippen LogP contribution in [0.15, 0.2) is 53.8 Å². The van der Waals surface area contributed by atoms with Gasteiger partial charge in [-0.25, -0.2) is 13.8 Å². The Bertz CT molecular complexity index is 1350. The van der Waals surface area contributed by atoms with Gasteiger partial charge in [0.1, 0.15) is 17.7 Å². The number of amides is 1. The number of carbonyl (C=O) groups excluding carboxylic acids is 2. The SMILES string of the molecule is CC1CCC2OC3=C(C(=O)C2C1)C(c1cccc(F)c1)N(c1nc2ccc(F)cc2s1)C3=O. The molecule has 0 saturated heterocycles. The average molecular weight is 467 g/mol. The molecule has 2 aliphatic heterocycles. The van der Waals surface area contributed by atoms with Crippen molar-refractivity contribution in [2.45, 2.75) is 38.3 Å². The molecule has 33 heavy (non-hydrogen) atoms. The van der Waals surface area contributed by atoms with Crippen molar-refractivity contribution in [1.82, 2.24) is 4.98 Å². The first-order valence-electron chi connectivity index (χ1n) is 11.0. The van der Waals surface area contributed by atoms with Gasteiger partial charge >= 0.3 is 0 Å². The number of hydrogen-bond acceptors (Lipinski definition) is 5. The third-order valence-corrected chi connectivity index (χ3v) is 7.84. The lowest BCUT2D eigenvalue weighted by Crippen LogP contribution is -2.41. The second-order valence-corrected chi connectivity index (χ2v) is 10.0. The molecule has 1 aromatic heterocycles. The van der Waals surface area contributed by atoms with Crippen molar-refractivity contribution in [3.8, 4) is 0 Å². The van der Waals surface area contributed by atoms with Crippen LogP contribution in [-0.4, -0.2) is 22.8 Å². The molecular formula is C25H20F2N2O3S. The minimum Gasteiger partial charge on any atom is -0.483 e. The molecule has 168 valence electrons. The zero-order valence-electron chi connectivity index (χ0n) is 17.8. The number of nitrogens with zero attached hydrogens (tertiary/aromatic N) is 2. The number of carbonyl (C=O) groups is 2. The molecule has 3 heterocycles. The fourth-order valence-corrected chi connectivity index (χ4v) is 6.27. The summed E-state index contributed by atoms with van der Waals surface area (Å²) in [5.41, 5.74) is 1.28. The molecule has 5 nitrogen and oxygen atoms in total. The van der Waals surface area contributed by atoms with E-state index in [2.05, 4.69) is 11.9 Å². The summed E-state index contributed by atoms with van der Waals surface area (Å²) in [5.74, 6) is -1.33. The number of Topliss-reactive ketones (excluding diaryl/α,β-unsaturated/α-hetero) is 1. The molecule has 4 atom stereocenters. The van der Waals surface area contributed by atoms with Crippen LogP contribution in [0.1, 0.15) is 37.8 Å². The summed E-state index contributed by atoms with van der Waals surface area (Å²) in [4.78, 5) is 33.3. The van der Waals surface area contributed by atoms with Gasteiger partial charge in [0.15, 0.2) is 16.7 Å². The van der Waals surface area contributed by atoms with Crippen molar-refractivity contribution in [2.24, 2.45) is 11.8 Å². The number of halogens is 2. The maximum atomic E-state index is 14.2. The molecule has 0 N–H and O–H groups in total. The van der Waals surface area contributed by atoms with Crippen molar-refractivity contribution in [2.75, 3.05) is 4.90 Å². The number of fused-ring (bicyclic) bond motifs is 2. The minimum atomic E-state index is -0.848.